The van der Waals surface area contributed by atoms with E-state index < -0.39 is 12.0 Å². The molecule has 5 heteroatoms. The van der Waals surface area contributed by atoms with E-state index in [0.717, 1.165) is 28.5 Å². The third-order valence-corrected chi connectivity index (χ3v) is 4.91. The predicted octanol–water partition coefficient (Wildman–Crippen LogP) is 4.61. The summed E-state index contributed by atoms with van der Waals surface area (Å²) in [7, 11) is 0. The number of benzene rings is 2. The van der Waals surface area contributed by atoms with Crippen LogP contribution < -0.4 is 4.90 Å². The molecule has 1 saturated heterocycles. The highest BCUT2D eigenvalue weighted by molar-refractivity contribution is 6.31. The van der Waals surface area contributed by atoms with Crippen LogP contribution in [-0.4, -0.2) is 28.6 Å². The van der Waals surface area contributed by atoms with Crippen molar-refractivity contribution in [3.05, 3.63) is 59.6 Å². The Morgan fingerprint density at radius 1 is 1.16 bits per heavy atom. The topological polar surface area (TPSA) is 53.4 Å². The molecular weight excluding hydrogens is 336 g/mol. The van der Waals surface area contributed by atoms with Crippen LogP contribution in [0, 0.1) is 0 Å². The van der Waals surface area contributed by atoms with Crippen molar-refractivity contribution in [3.8, 4) is 11.1 Å². The molecule has 0 radical (unpaired) electrons. The van der Waals surface area contributed by atoms with E-state index in [1.807, 2.05) is 59.5 Å². The van der Waals surface area contributed by atoms with Crippen LogP contribution in [-0.2, 0) is 4.79 Å². The van der Waals surface area contributed by atoms with Crippen molar-refractivity contribution in [1.82, 2.24) is 4.98 Å². The van der Waals surface area contributed by atoms with Gasteiger partial charge in [0, 0.05) is 17.0 Å². The highest BCUT2D eigenvalue weighted by Crippen LogP contribution is 2.35. The van der Waals surface area contributed by atoms with Gasteiger partial charge in [0.1, 0.15) is 11.9 Å². The van der Waals surface area contributed by atoms with Crippen molar-refractivity contribution < 1.29 is 9.90 Å². The van der Waals surface area contributed by atoms with E-state index >= 15 is 0 Å². The third-order valence-electron chi connectivity index (χ3n) is 4.67. The molecule has 4 nitrogen and oxygen atoms in total. The fraction of sp³-hybridized carbons (Fsp3) is 0.200. The Balaban J connectivity index is 1.93. The quantitative estimate of drug-likeness (QED) is 0.748. The van der Waals surface area contributed by atoms with Crippen LogP contribution in [0.15, 0.2) is 54.6 Å². The Bertz CT molecular complexity index is 943. The molecule has 0 aliphatic carbocycles. The van der Waals surface area contributed by atoms with Gasteiger partial charge in [-0.1, -0.05) is 41.9 Å². The number of aromatic nitrogens is 1. The summed E-state index contributed by atoms with van der Waals surface area (Å²) in [5.41, 5.74) is 2.89. The Morgan fingerprint density at radius 2 is 1.96 bits per heavy atom. The van der Waals surface area contributed by atoms with Gasteiger partial charge in [-0.25, -0.2) is 9.78 Å². The number of anilines is 1. The molecule has 1 N–H and O–H groups in total. The number of carboxylic acid groups (broad SMARTS) is 1. The maximum Gasteiger partial charge on any atom is 0.326 e. The number of carbonyl (C=O) groups is 1. The van der Waals surface area contributed by atoms with E-state index in [4.69, 9.17) is 16.6 Å². The normalized spacial score (nSPS) is 17.2. The van der Waals surface area contributed by atoms with Gasteiger partial charge in [0.2, 0.25) is 0 Å². The smallest absolute Gasteiger partial charge is 0.326 e. The molecule has 1 aliphatic heterocycles. The summed E-state index contributed by atoms with van der Waals surface area (Å²) in [5.74, 6) is -0.0876. The van der Waals surface area contributed by atoms with Gasteiger partial charge in [0.05, 0.1) is 5.52 Å². The summed E-state index contributed by atoms with van der Waals surface area (Å²) in [4.78, 5) is 18.2. The van der Waals surface area contributed by atoms with Gasteiger partial charge in [0.25, 0.3) is 0 Å². The molecule has 126 valence electrons. The van der Waals surface area contributed by atoms with Crippen LogP contribution in [0.25, 0.3) is 22.0 Å². The lowest BCUT2D eigenvalue weighted by Gasteiger charge is -2.24. The molecule has 1 aromatic heterocycles. The molecule has 3 aromatic rings. The first kappa shape index (κ1) is 15.9. The van der Waals surface area contributed by atoms with Gasteiger partial charge in [-0.3, -0.25) is 0 Å². The fourth-order valence-electron chi connectivity index (χ4n) is 3.49. The lowest BCUT2D eigenvalue weighted by atomic mass is 10.0. The minimum atomic E-state index is -0.795. The Morgan fingerprint density at radius 3 is 2.72 bits per heavy atom. The molecule has 0 bridgehead atoms. The van der Waals surface area contributed by atoms with Crippen molar-refractivity contribution in [2.45, 2.75) is 18.9 Å². The second-order valence-electron chi connectivity index (χ2n) is 6.25. The number of fused-ring (bicyclic) bond motifs is 1. The number of halogens is 1. The standard InChI is InChI=1S/C20H17ClN2O2/c21-14-8-9-17-16(11-14)15(13-5-2-1-3-6-13)12-19(22-17)23-10-4-7-18(23)20(24)25/h1-3,5-6,8-9,11-12,18H,4,7,10H2,(H,24,25). The van der Waals surface area contributed by atoms with Crippen LogP contribution in [0.5, 0.6) is 0 Å². The molecule has 0 spiro atoms. The summed E-state index contributed by atoms with van der Waals surface area (Å²) < 4.78 is 0. The lowest BCUT2D eigenvalue weighted by Crippen LogP contribution is -2.36. The number of pyridine rings is 1. The SMILES string of the molecule is O=C(O)C1CCCN1c1cc(-c2ccccc2)c2cc(Cl)ccc2n1. The Kier molecular flexibility index (Phi) is 4.06. The lowest BCUT2D eigenvalue weighted by molar-refractivity contribution is -0.138. The van der Waals surface area contributed by atoms with Crippen LogP contribution >= 0.6 is 11.6 Å². The first-order valence-corrected chi connectivity index (χ1v) is 8.66. The van der Waals surface area contributed by atoms with Crippen molar-refractivity contribution in [3.63, 3.8) is 0 Å². The molecule has 0 saturated carbocycles. The highest BCUT2D eigenvalue weighted by atomic mass is 35.5. The number of hydrogen-bond donors (Lipinski definition) is 1. The zero-order chi connectivity index (χ0) is 17.4. The number of rotatable bonds is 3. The van der Waals surface area contributed by atoms with Gasteiger partial charge >= 0.3 is 5.97 Å². The summed E-state index contributed by atoms with van der Waals surface area (Å²) in [5, 5.41) is 11.1. The van der Waals surface area contributed by atoms with E-state index in [1.165, 1.54) is 0 Å². The number of carboxylic acids is 1. The van der Waals surface area contributed by atoms with Crippen LogP contribution in [0.3, 0.4) is 0 Å². The Hall–Kier alpha value is -2.59. The molecule has 2 aromatic carbocycles. The zero-order valence-electron chi connectivity index (χ0n) is 13.5. The molecular formula is C20H17ClN2O2. The maximum absolute atomic E-state index is 11.6. The number of nitrogens with zero attached hydrogens (tertiary/aromatic N) is 2. The average molecular weight is 353 g/mol. The van der Waals surface area contributed by atoms with Gasteiger partial charge in [-0.2, -0.15) is 0 Å². The fourth-order valence-corrected chi connectivity index (χ4v) is 3.66. The minimum Gasteiger partial charge on any atom is -0.480 e. The van der Waals surface area contributed by atoms with Gasteiger partial charge < -0.3 is 10.0 Å². The largest absolute Gasteiger partial charge is 0.480 e. The van der Waals surface area contributed by atoms with E-state index in [-0.39, 0.29) is 0 Å². The van der Waals surface area contributed by atoms with E-state index in [9.17, 15) is 9.90 Å². The van der Waals surface area contributed by atoms with Crippen molar-refractivity contribution >= 4 is 34.3 Å². The van der Waals surface area contributed by atoms with E-state index in [0.29, 0.717) is 23.8 Å². The monoisotopic (exact) mass is 352 g/mol. The van der Waals surface area contributed by atoms with Crippen LogP contribution in [0.1, 0.15) is 12.8 Å². The average Bonchev–Trinajstić information content (AvgIpc) is 3.12. The number of hydrogen-bond acceptors (Lipinski definition) is 3. The van der Waals surface area contributed by atoms with Gasteiger partial charge in [-0.15, -0.1) is 0 Å². The highest BCUT2D eigenvalue weighted by Gasteiger charge is 2.31. The van der Waals surface area contributed by atoms with Gasteiger partial charge in [0.15, 0.2) is 0 Å². The maximum atomic E-state index is 11.6. The zero-order valence-corrected chi connectivity index (χ0v) is 14.3. The van der Waals surface area contributed by atoms with Crippen LogP contribution in [0.4, 0.5) is 5.82 Å². The minimum absolute atomic E-state index is 0.513. The first-order chi connectivity index (χ1) is 12.1. The second-order valence-corrected chi connectivity index (χ2v) is 6.68. The van der Waals surface area contributed by atoms with E-state index in [2.05, 4.69) is 0 Å². The molecule has 25 heavy (non-hydrogen) atoms. The summed E-state index contributed by atoms with van der Waals surface area (Å²) in [6.07, 6.45) is 1.51. The summed E-state index contributed by atoms with van der Waals surface area (Å²) in [6.45, 7) is 0.706. The van der Waals surface area contributed by atoms with Crippen LogP contribution in [0.2, 0.25) is 5.02 Å². The van der Waals surface area contributed by atoms with Gasteiger partial charge in [-0.05, 0) is 48.2 Å². The predicted molar refractivity (Wildman–Crippen MR) is 100 cm³/mol. The second kappa shape index (κ2) is 6.37. The number of aliphatic carboxylic acids is 1. The molecule has 1 fully saturated rings. The molecule has 1 aliphatic rings. The summed E-state index contributed by atoms with van der Waals surface area (Å²) >= 11 is 6.19. The molecule has 1 unspecified atom stereocenters. The van der Waals surface area contributed by atoms with Crippen molar-refractivity contribution in [2.75, 3.05) is 11.4 Å². The van der Waals surface area contributed by atoms with Crippen molar-refractivity contribution in [2.24, 2.45) is 0 Å². The molecule has 0 amide bonds. The molecule has 2 heterocycles. The van der Waals surface area contributed by atoms with Crippen molar-refractivity contribution in [1.29, 1.82) is 0 Å². The molecule has 1 atom stereocenters. The molecule has 4 rings (SSSR count). The third kappa shape index (κ3) is 2.94. The van der Waals surface area contributed by atoms with E-state index in [1.54, 1.807) is 0 Å². The first-order valence-electron chi connectivity index (χ1n) is 8.28. The Labute approximate surface area is 150 Å². The summed E-state index contributed by atoms with van der Waals surface area (Å²) in [6, 6.07) is 17.1.